The maximum atomic E-state index is 12.9. The highest BCUT2D eigenvalue weighted by Crippen LogP contribution is 2.59. The minimum Gasteiger partial charge on any atom is -0.368 e. The van der Waals surface area contributed by atoms with Crippen LogP contribution in [0.1, 0.15) is 11.3 Å². The number of rotatable bonds is 6. The highest BCUT2D eigenvalue weighted by molar-refractivity contribution is 7.54. The largest absolute Gasteiger partial charge is 0.368 e. The highest BCUT2D eigenvalue weighted by atomic mass is 31.2. The molecule has 1 N–H and O–H groups in total. The van der Waals surface area contributed by atoms with Crippen molar-refractivity contribution in [3.63, 3.8) is 0 Å². The van der Waals surface area contributed by atoms with Crippen LogP contribution in [0, 0.1) is 0 Å². The zero-order valence-electron chi connectivity index (χ0n) is 12.7. The van der Waals surface area contributed by atoms with Crippen LogP contribution in [0.3, 0.4) is 0 Å². The highest BCUT2D eigenvalue weighted by Gasteiger charge is 2.35. The third kappa shape index (κ3) is 3.12. The summed E-state index contributed by atoms with van der Waals surface area (Å²) in [6, 6.07) is 14.7. The van der Waals surface area contributed by atoms with E-state index in [0.717, 1.165) is 5.56 Å². The Balaban J connectivity index is 1.99. The van der Waals surface area contributed by atoms with Gasteiger partial charge in [0.15, 0.2) is 5.78 Å². The van der Waals surface area contributed by atoms with Gasteiger partial charge in [0, 0.05) is 19.9 Å². The Bertz CT molecular complexity index is 829. The maximum absolute atomic E-state index is 12.9. The van der Waals surface area contributed by atoms with Gasteiger partial charge >= 0.3 is 7.60 Å². The summed E-state index contributed by atoms with van der Waals surface area (Å²) in [6.07, 6.45) is 0. The Morgan fingerprint density at radius 1 is 1.04 bits per heavy atom. The molecule has 0 aliphatic heterocycles. The number of nitrogens with one attached hydrogen (secondary N) is 1. The van der Waals surface area contributed by atoms with E-state index in [1.165, 1.54) is 14.2 Å². The van der Waals surface area contributed by atoms with Crippen molar-refractivity contribution in [3.05, 3.63) is 54.1 Å². The smallest absolute Gasteiger partial charge is 0.356 e. The van der Waals surface area contributed by atoms with Crippen LogP contribution in [0.15, 0.2) is 53.2 Å². The first-order valence-corrected chi connectivity index (χ1v) is 8.52. The fraction of sp³-hybridized carbons (Fsp3) is 0.200. The number of anilines is 1. The predicted molar refractivity (Wildman–Crippen MR) is 86.2 cm³/mol. The van der Waals surface area contributed by atoms with Crippen LogP contribution in [-0.4, -0.2) is 24.5 Å². The second-order valence-corrected chi connectivity index (χ2v) is 7.16. The summed E-state index contributed by atoms with van der Waals surface area (Å²) < 4.78 is 27.9. The molecule has 3 rings (SSSR count). The molecule has 0 amide bonds. The van der Waals surface area contributed by atoms with E-state index in [1.54, 1.807) is 18.2 Å². The third-order valence-electron chi connectivity index (χ3n) is 3.50. The molecule has 0 aliphatic carbocycles. The Morgan fingerprint density at radius 2 is 1.74 bits per heavy atom. The number of nitrogens with zero attached hydrogens (tertiary/aromatic N) is 2. The average Bonchev–Trinajstić information content (AvgIpc) is 3.07. The van der Waals surface area contributed by atoms with Gasteiger partial charge in [0.25, 0.3) is 0 Å². The van der Waals surface area contributed by atoms with Crippen LogP contribution in [-0.2, 0) is 13.6 Å². The molecule has 0 fully saturated rings. The number of hydrogen-bond donors (Lipinski definition) is 1. The molecule has 7 nitrogen and oxygen atoms in total. The monoisotopic (exact) mass is 333 g/mol. The molecular weight excluding hydrogens is 317 g/mol. The first-order valence-electron chi connectivity index (χ1n) is 6.91. The molecule has 23 heavy (non-hydrogen) atoms. The zero-order valence-corrected chi connectivity index (χ0v) is 13.6. The Hall–Kier alpha value is -2.21. The minimum absolute atomic E-state index is 0.603. The van der Waals surface area contributed by atoms with Gasteiger partial charge in [-0.05, 0) is 34.1 Å². The van der Waals surface area contributed by atoms with E-state index in [1.807, 2.05) is 30.3 Å². The maximum Gasteiger partial charge on any atom is 0.356 e. The van der Waals surface area contributed by atoms with Gasteiger partial charge in [-0.2, -0.15) is 0 Å². The lowest BCUT2D eigenvalue weighted by atomic mass is 10.2. The summed E-state index contributed by atoms with van der Waals surface area (Å²) in [5, 5.41) is 10.8. The van der Waals surface area contributed by atoms with Gasteiger partial charge < -0.3 is 14.4 Å². The van der Waals surface area contributed by atoms with Crippen molar-refractivity contribution in [2.45, 2.75) is 5.78 Å². The lowest BCUT2D eigenvalue weighted by molar-refractivity contribution is 0.268. The molecule has 0 aliphatic rings. The number of aromatic nitrogens is 2. The van der Waals surface area contributed by atoms with E-state index in [2.05, 4.69) is 20.3 Å². The zero-order chi connectivity index (χ0) is 16.3. The van der Waals surface area contributed by atoms with E-state index in [-0.39, 0.29) is 0 Å². The van der Waals surface area contributed by atoms with Crippen molar-refractivity contribution in [3.8, 4) is 0 Å². The molecule has 120 valence electrons. The molecule has 0 saturated heterocycles. The lowest BCUT2D eigenvalue weighted by Gasteiger charge is -2.26. The first kappa shape index (κ1) is 15.7. The average molecular weight is 333 g/mol. The molecule has 1 atom stereocenters. The van der Waals surface area contributed by atoms with Crippen LogP contribution in [0.4, 0.5) is 5.69 Å². The molecule has 0 spiro atoms. The fourth-order valence-electron chi connectivity index (χ4n) is 2.30. The summed E-state index contributed by atoms with van der Waals surface area (Å²) in [5.74, 6) is -0.656. The van der Waals surface area contributed by atoms with Gasteiger partial charge in [0.1, 0.15) is 11.0 Å². The topological polar surface area (TPSA) is 86.5 Å². The Labute approximate surface area is 133 Å². The standard InChI is InChI=1S/C15H16N3O4P/c1-20-23(19,21-2)15(11-6-4-3-5-7-11)16-12-8-9-13-14(10-12)18-22-17-13/h3-10,15-16H,1-2H3. The van der Waals surface area contributed by atoms with E-state index in [0.29, 0.717) is 16.7 Å². The van der Waals surface area contributed by atoms with Crippen LogP contribution in [0.25, 0.3) is 11.0 Å². The number of benzene rings is 2. The van der Waals surface area contributed by atoms with Crippen LogP contribution in [0.2, 0.25) is 0 Å². The van der Waals surface area contributed by atoms with Gasteiger partial charge in [-0.1, -0.05) is 30.3 Å². The second-order valence-electron chi connectivity index (χ2n) is 4.83. The van der Waals surface area contributed by atoms with Gasteiger partial charge in [-0.15, -0.1) is 0 Å². The van der Waals surface area contributed by atoms with Crippen molar-refractivity contribution >= 4 is 24.3 Å². The van der Waals surface area contributed by atoms with Crippen molar-refractivity contribution < 1.29 is 18.2 Å². The molecule has 0 bridgehead atoms. The molecule has 1 heterocycles. The lowest BCUT2D eigenvalue weighted by Crippen LogP contribution is -2.13. The second kappa shape index (κ2) is 6.50. The van der Waals surface area contributed by atoms with Gasteiger partial charge in [-0.3, -0.25) is 4.57 Å². The summed E-state index contributed by atoms with van der Waals surface area (Å²) >= 11 is 0. The summed E-state index contributed by atoms with van der Waals surface area (Å²) in [4.78, 5) is 0. The molecule has 2 aromatic carbocycles. The van der Waals surface area contributed by atoms with Crippen molar-refractivity contribution in [1.82, 2.24) is 10.3 Å². The minimum atomic E-state index is -3.39. The predicted octanol–water partition coefficient (Wildman–Crippen LogP) is 3.82. The van der Waals surface area contributed by atoms with Crippen LogP contribution in [0.5, 0.6) is 0 Å². The van der Waals surface area contributed by atoms with Crippen LogP contribution >= 0.6 is 7.60 Å². The molecule has 1 aromatic heterocycles. The van der Waals surface area contributed by atoms with Gasteiger partial charge in [0.05, 0.1) is 0 Å². The van der Waals surface area contributed by atoms with Crippen molar-refractivity contribution in [2.75, 3.05) is 19.5 Å². The van der Waals surface area contributed by atoms with E-state index in [4.69, 9.17) is 9.05 Å². The molecule has 3 aromatic rings. The number of hydrogen-bond acceptors (Lipinski definition) is 7. The van der Waals surface area contributed by atoms with Crippen LogP contribution < -0.4 is 5.32 Å². The molecule has 1 unspecified atom stereocenters. The molecule has 0 saturated carbocycles. The first-order chi connectivity index (χ1) is 11.2. The van der Waals surface area contributed by atoms with E-state index in [9.17, 15) is 4.57 Å². The SMILES string of the molecule is COP(=O)(OC)C(Nc1ccc2nonc2c1)c1ccccc1. The summed E-state index contributed by atoms with van der Waals surface area (Å²) in [6.45, 7) is 0. The Morgan fingerprint density at radius 3 is 2.43 bits per heavy atom. The number of fused-ring (bicyclic) bond motifs is 1. The van der Waals surface area contributed by atoms with E-state index >= 15 is 0 Å². The normalized spacial score (nSPS) is 13.1. The fourth-order valence-corrected chi connectivity index (χ4v) is 3.71. The molecular formula is C15H16N3O4P. The molecule has 8 heteroatoms. The van der Waals surface area contributed by atoms with Crippen molar-refractivity contribution in [1.29, 1.82) is 0 Å². The summed E-state index contributed by atoms with van der Waals surface area (Å²) in [5.41, 5.74) is 2.74. The van der Waals surface area contributed by atoms with Crippen molar-refractivity contribution in [2.24, 2.45) is 0 Å². The van der Waals surface area contributed by atoms with E-state index < -0.39 is 13.4 Å². The molecule has 0 radical (unpaired) electrons. The quantitative estimate of drug-likeness (QED) is 0.686. The van der Waals surface area contributed by atoms with Gasteiger partial charge in [-0.25, -0.2) is 4.63 Å². The van der Waals surface area contributed by atoms with Gasteiger partial charge in [0.2, 0.25) is 0 Å². The summed E-state index contributed by atoms with van der Waals surface area (Å²) in [7, 11) is -0.659. The Kier molecular flexibility index (Phi) is 4.43. The third-order valence-corrected chi connectivity index (χ3v) is 5.58.